The van der Waals surface area contributed by atoms with E-state index in [1.165, 1.54) is 10.4 Å². The highest BCUT2D eigenvalue weighted by Gasteiger charge is 2.00. The van der Waals surface area contributed by atoms with Crippen LogP contribution in [0.5, 0.6) is 0 Å². The van der Waals surface area contributed by atoms with Crippen molar-refractivity contribution in [2.75, 3.05) is 6.54 Å². The molecule has 0 spiro atoms. The van der Waals surface area contributed by atoms with Crippen LogP contribution in [0.15, 0.2) is 41.8 Å². The summed E-state index contributed by atoms with van der Waals surface area (Å²) in [6.07, 6.45) is 1.14. The van der Waals surface area contributed by atoms with Crippen LogP contribution in [0.25, 0.3) is 0 Å². The molecular formula is C15H17NO2S. The molecule has 1 aromatic carbocycles. The minimum atomic E-state index is -0.790. The number of rotatable bonds is 7. The van der Waals surface area contributed by atoms with Gasteiger partial charge in [-0.2, -0.15) is 0 Å². The molecule has 0 aliphatic carbocycles. The molecule has 1 heterocycles. The van der Waals surface area contributed by atoms with Crippen molar-refractivity contribution in [1.29, 1.82) is 0 Å². The smallest absolute Gasteiger partial charge is 0.307 e. The van der Waals surface area contributed by atoms with E-state index in [1.807, 2.05) is 24.3 Å². The Labute approximate surface area is 116 Å². The van der Waals surface area contributed by atoms with E-state index in [1.54, 1.807) is 11.3 Å². The van der Waals surface area contributed by atoms with Crippen molar-refractivity contribution in [3.63, 3.8) is 0 Å². The van der Waals surface area contributed by atoms with Crippen molar-refractivity contribution in [2.45, 2.75) is 19.4 Å². The molecule has 0 aliphatic heterocycles. The van der Waals surface area contributed by atoms with Crippen LogP contribution in [0.3, 0.4) is 0 Å². The molecule has 19 heavy (non-hydrogen) atoms. The number of hydrogen-bond acceptors (Lipinski definition) is 3. The fraction of sp³-hybridized carbons (Fsp3) is 0.267. The summed E-state index contributed by atoms with van der Waals surface area (Å²) in [6, 6.07) is 11.9. The van der Waals surface area contributed by atoms with Crippen molar-refractivity contribution in [3.8, 4) is 0 Å². The third kappa shape index (κ3) is 4.85. The first-order valence-electron chi connectivity index (χ1n) is 6.27. The molecule has 4 heteroatoms. The Morgan fingerprint density at radius 3 is 2.53 bits per heavy atom. The van der Waals surface area contributed by atoms with E-state index in [2.05, 4.69) is 22.8 Å². The van der Waals surface area contributed by atoms with E-state index >= 15 is 0 Å². The summed E-state index contributed by atoms with van der Waals surface area (Å²) in [5.41, 5.74) is 2.02. The lowest BCUT2D eigenvalue weighted by atomic mass is 10.1. The van der Waals surface area contributed by atoms with Gasteiger partial charge in [0.1, 0.15) is 0 Å². The Balaban J connectivity index is 1.72. The van der Waals surface area contributed by atoms with Gasteiger partial charge in [0.25, 0.3) is 0 Å². The van der Waals surface area contributed by atoms with Crippen LogP contribution < -0.4 is 5.32 Å². The average Bonchev–Trinajstić information content (AvgIpc) is 2.89. The molecule has 0 fully saturated rings. The van der Waals surface area contributed by atoms with Gasteiger partial charge in [0, 0.05) is 18.0 Å². The van der Waals surface area contributed by atoms with E-state index in [9.17, 15) is 4.79 Å². The van der Waals surface area contributed by atoms with E-state index in [0.29, 0.717) is 0 Å². The molecule has 3 nitrogen and oxygen atoms in total. The molecule has 0 unspecified atom stereocenters. The molecule has 0 radical (unpaired) electrons. The van der Waals surface area contributed by atoms with Crippen LogP contribution in [0.4, 0.5) is 0 Å². The number of thiophene rings is 1. The fourth-order valence-corrected chi connectivity index (χ4v) is 2.56. The van der Waals surface area contributed by atoms with Crippen molar-refractivity contribution >= 4 is 17.3 Å². The first kappa shape index (κ1) is 13.8. The third-order valence-corrected chi connectivity index (χ3v) is 3.77. The highest BCUT2D eigenvalue weighted by atomic mass is 32.1. The second kappa shape index (κ2) is 7.07. The SMILES string of the molecule is O=C(O)Cc1ccc(CNCCc2cccs2)cc1. The van der Waals surface area contributed by atoms with Crippen LogP contribution in [-0.4, -0.2) is 17.6 Å². The van der Waals surface area contributed by atoms with E-state index in [0.717, 1.165) is 25.1 Å². The zero-order valence-electron chi connectivity index (χ0n) is 10.6. The highest BCUT2D eigenvalue weighted by molar-refractivity contribution is 7.09. The first-order valence-corrected chi connectivity index (χ1v) is 7.15. The zero-order chi connectivity index (χ0) is 13.5. The summed E-state index contributed by atoms with van der Waals surface area (Å²) < 4.78 is 0. The molecular weight excluding hydrogens is 258 g/mol. The molecule has 0 aliphatic rings. The van der Waals surface area contributed by atoms with Crippen molar-refractivity contribution in [3.05, 3.63) is 57.8 Å². The largest absolute Gasteiger partial charge is 0.481 e. The molecule has 0 amide bonds. The van der Waals surface area contributed by atoms with Crippen molar-refractivity contribution in [2.24, 2.45) is 0 Å². The van der Waals surface area contributed by atoms with Crippen LogP contribution in [0.1, 0.15) is 16.0 Å². The van der Waals surface area contributed by atoms with E-state index in [-0.39, 0.29) is 6.42 Å². The number of carbonyl (C=O) groups is 1. The number of nitrogens with one attached hydrogen (secondary N) is 1. The van der Waals surface area contributed by atoms with E-state index in [4.69, 9.17) is 5.11 Å². The lowest BCUT2D eigenvalue weighted by molar-refractivity contribution is -0.136. The Morgan fingerprint density at radius 1 is 1.16 bits per heavy atom. The van der Waals surface area contributed by atoms with Gasteiger partial charge in [-0.05, 0) is 29.0 Å². The van der Waals surface area contributed by atoms with Gasteiger partial charge >= 0.3 is 5.97 Å². The Kier molecular flexibility index (Phi) is 5.12. The van der Waals surface area contributed by atoms with Gasteiger partial charge in [-0.25, -0.2) is 0 Å². The molecule has 2 rings (SSSR count). The number of aliphatic carboxylic acids is 1. The summed E-state index contributed by atoms with van der Waals surface area (Å²) in [5, 5.41) is 14.2. The van der Waals surface area contributed by atoms with Crippen molar-refractivity contribution < 1.29 is 9.90 Å². The maximum atomic E-state index is 10.6. The number of hydrogen-bond donors (Lipinski definition) is 2. The molecule has 0 atom stereocenters. The van der Waals surface area contributed by atoms with Crippen LogP contribution >= 0.6 is 11.3 Å². The van der Waals surface area contributed by atoms with Crippen LogP contribution in [0.2, 0.25) is 0 Å². The van der Waals surface area contributed by atoms with Gasteiger partial charge in [-0.3, -0.25) is 4.79 Å². The predicted molar refractivity (Wildman–Crippen MR) is 77.5 cm³/mol. The topological polar surface area (TPSA) is 49.3 Å². The highest BCUT2D eigenvalue weighted by Crippen LogP contribution is 2.09. The lowest BCUT2D eigenvalue weighted by Crippen LogP contribution is -2.16. The van der Waals surface area contributed by atoms with Crippen LogP contribution in [-0.2, 0) is 24.2 Å². The summed E-state index contributed by atoms with van der Waals surface area (Å²) in [4.78, 5) is 12.0. The minimum absolute atomic E-state index is 0.0894. The van der Waals surface area contributed by atoms with E-state index < -0.39 is 5.97 Å². The Hall–Kier alpha value is -1.65. The molecule has 2 N–H and O–H groups in total. The summed E-state index contributed by atoms with van der Waals surface area (Å²) in [5.74, 6) is -0.790. The van der Waals surface area contributed by atoms with Gasteiger partial charge in [-0.1, -0.05) is 30.3 Å². The Morgan fingerprint density at radius 2 is 1.89 bits per heavy atom. The maximum Gasteiger partial charge on any atom is 0.307 e. The van der Waals surface area contributed by atoms with Gasteiger partial charge in [0.05, 0.1) is 6.42 Å². The maximum absolute atomic E-state index is 10.6. The Bertz CT molecular complexity index is 505. The third-order valence-electron chi connectivity index (χ3n) is 2.84. The molecule has 0 bridgehead atoms. The molecule has 100 valence electrons. The second-order valence-corrected chi connectivity index (χ2v) is 5.43. The van der Waals surface area contributed by atoms with Gasteiger partial charge in [0.15, 0.2) is 0 Å². The molecule has 1 aromatic heterocycles. The number of benzene rings is 1. The normalized spacial score (nSPS) is 10.5. The van der Waals surface area contributed by atoms with Crippen LogP contribution in [0, 0.1) is 0 Å². The molecule has 0 saturated carbocycles. The standard InChI is InChI=1S/C15H17NO2S/c17-15(18)10-12-3-5-13(6-4-12)11-16-8-7-14-2-1-9-19-14/h1-6,9,16H,7-8,10-11H2,(H,17,18). The first-order chi connectivity index (χ1) is 9.24. The lowest BCUT2D eigenvalue weighted by Gasteiger charge is -2.05. The second-order valence-electron chi connectivity index (χ2n) is 4.39. The monoisotopic (exact) mass is 275 g/mol. The summed E-state index contributed by atoms with van der Waals surface area (Å²) in [6.45, 7) is 1.77. The van der Waals surface area contributed by atoms with Gasteiger partial charge < -0.3 is 10.4 Å². The van der Waals surface area contributed by atoms with Gasteiger partial charge in [-0.15, -0.1) is 11.3 Å². The number of carboxylic acids is 1. The van der Waals surface area contributed by atoms with Gasteiger partial charge in [0.2, 0.25) is 0 Å². The average molecular weight is 275 g/mol. The molecule has 2 aromatic rings. The zero-order valence-corrected chi connectivity index (χ0v) is 11.5. The molecule has 0 saturated heterocycles. The fourth-order valence-electron chi connectivity index (χ4n) is 1.85. The van der Waals surface area contributed by atoms with Crippen molar-refractivity contribution in [1.82, 2.24) is 5.32 Å². The summed E-state index contributed by atoms with van der Waals surface area (Å²) in [7, 11) is 0. The minimum Gasteiger partial charge on any atom is -0.481 e. The predicted octanol–water partition coefficient (Wildman–Crippen LogP) is 2.71. The summed E-state index contributed by atoms with van der Waals surface area (Å²) >= 11 is 1.78. The quantitative estimate of drug-likeness (QED) is 0.764. The number of carboxylic acid groups (broad SMARTS) is 1.